The fraction of sp³-hybridized carbons (Fsp3) is 0.727. The number of hydrogen-bond donors (Lipinski definition) is 3. The molecule has 0 aromatic rings. The molecule has 96 valence electrons. The zero-order chi connectivity index (χ0) is 12.8. The van der Waals surface area contributed by atoms with Crippen molar-refractivity contribution in [3.8, 4) is 0 Å². The molecule has 6 nitrogen and oxygen atoms in total. The highest BCUT2D eigenvalue weighted by molar-refractivity contribution is 5.91. The molecule has 1 heterocycles. The van der Waals surface area contributed by atoms with Crippen LogP contribution in [0.4, 0.5) is 0 Å². The van der Waals surface area contributed by atoms with Gasteiger partial charge in [-0.3, -0.25) is 9.59 Å². The van der Waals surface area contributed by atoms with E-state index in [1.807, 2.05) is 6.92 Å². The highest BCUT2D eigenvalue weighted by Gasteiger charge is 2.30. The molecule has 3 N–H and O–H groups in total. The van der Waals surface area contributed by atoms with Gasteiger partial charge in [-0.05, 0) is 6.42 Å². The van der Waals surface area contributed by atoms with Crippen molar-refractivity contribution in [3.05, 3.63) is 0 Å². The molecule has 2 amide bonds. The average Bonchev–Trinajstić information content (AvgIpc) is 2.70. The Hall–Kier alpha value is -1.59. The molecule has 2 atom stereocenters. The number of nitrogens with one attached hydrogen (secondary N) is 2. The molecule has 1 aliphatic heterocycles. The van der Waals surface area contributed by atoms with Crippen LogP contribution in [0.5, 0.6) is 0 Å². The number of carboxylic acids is 1. The minimum Gasteiger partial charge on any atom is -0.480 e. The third kappa shape index (κ3) is 4.05. The first-order chi connectivity index (χ1) is 8.04. The van der Waals surface area contributed by atoms with Crippen molar-refractivity contribution in [3.63, 3.8) is 0 Å². The van der Waals surface area contributed by atoms with E-state index in [9.17, 15) is 14.4 Å². The van der Waals surface area contributed by atoms with E-state index in [-0.39, 0.29) is 18.2 Å². The molecule has 0 radical (unpaired) electrons. The van der Waals surface area contributed by atoms with E-state index in [4.69, 9.17) is 5.11 Å². The number of hydrogen-bond acceptors (Lipinski definition) is 3. The van der Waals surface area contributed by atoms with Crippen molar-refractivity contribution in [1.29, 1.82) is 0 Å². The van der Waals surface area contributed by atoms with Crippen molar-refractivity contribution in [2.45, 2.75) is 38.6 Å². The normalized spacial score (nSPS) is 20.8. The Morgan fingerprint density at radius 2 is 2.29 bits per heavy atom. The zero-order valence-corrected chi connectivity index (χ0v) is 9.86. The summed E-state index contributed by atoms with van der Waals surface area (Å²) in [7, 11) is 0. The van der Waals surface area contributed by atoms with E-state index in [1.165, 1.54) is 0 Å². The van der Waals surface area contributed by atoms with E-state index in [0.717, 1.165) is 12.8 Å². The van der Waals surface area contributed by atoms with Gasteiger partial charge in [0.2, 0.25) is 11.8 Å². The van der Waals surface area contributed by atoms with Crippen LogP contribution in [0.1, 0.15) is 32.6 Å². The summed E-state index contributed by atoms with van der Waals surface area (Å²) in [4.78, 5) is 33.6. The van der Waals surface area contributed by atoms with Crippen LogP contribution in [0.25, 0.3) is 0 Å². The highest BCUT2D eigenvalue weighted by Crippen LogP contribution is 2.10. The number of amides is 2. The number of unbranched alkanes of at least 4 members (excludes halogenated alkanes) is 1. The number of aliphatic carboxylic acids is 1. The lowest BCUT2D eigenvalue weighted by Crippen LogP contribution is -2.44. The second-order valence-corrected chi connectivity index (χ2v) is 4.25. The topological polar surface area (TPSA) is 95.5 Å². The zero-order valence-electron chi connectivity index (χ0n) is 9.86. The molecule has 0 spiro atoms. The minimum absolute atomic E-state index is 0.145. The number of carboxylic acid groups (broad SMARTS) is 1. The first kappa shape index (κ1) is 13.5. The van der Waals surface area contributed by atoms with E-state index >= 15 is 0 Å². The Morgan fingerprint density at radius 3 is 2.76 bits per heavy atom. The molecule has 2 unspecified atom stereocenters. The number of carbonyl (C=O) groups excluding carboxylic acids is 2. The smallest absolute Gasteiger partial charge is 0.326 e. The Morgan fingerprint density at radius 1 is 1.59 bits per heavy atom. The second kappa shape index (κ2) is 6.22. The Kier molecular flexibility index (Phi) is 4.93. The van der Waals surface area contributed by atoms with Crippen LogP contribution in [0.15, 0.2) is 0 Å². The molecule has 17 heavy (non-hydrogen) atoms. The van der Waals surface area contributed by atoms with Crippen molar-refractivity contribution in [2.24, 2.45) is 5.92 Å². The van der Waals surface area contributed by atoms with Gasteiger partial charge in [-0.1, -0.05) is 19.8 Å². The van der Waals surface area contributed by atoms with Crippen LogP contribution >= 0.6 is 0 Å². The van der Waals surface area contributed by atoms with Crippen molar-refractivity contribution in [2.75, 3.05) is 6.54 Å². The average molecular weight is 242 g/mol. The van der Waals surface area contributed by atoms with Crippen molar-refractivity contribution < 1.29 is 19.5 Å². The molecule has 0 saturated carbocycles. The van der Waals surface area contributed by atoms with Gasteiger partial charge in [0.25, 0.3) is 0 Å². The standard InChI is InChI=1S/C11H18N2O4/c1-2-3-4-8(11(16)17)13-10(15)7-5-9(14)12-6-7/h7-8H,2-6H2,1H3,(H,12,14)(H,13,15)(H,16,17). The minimum atomic E-state index is -1.02. The van der Waals surface area contributed by atoms with Crippen LogP contribution in [0.2, 0.25) is 0 Å². The summed E-state index contributed by atoms with van der Waals surface area (Å²) in [5, 5.41) is 14.0. The van der Waals surface area contributed by atoms with Crippen molar-refractivity contribution in [1.82, 2.24) is 10.6 Å². The molecular weight excluding hydrogens is 224 g/mol. The summed E-state index contributed by atoms with van der Waals surface area (Å²) < 4.78 is 0. The Balaban J connectivity index is 2.46. The maximum Gasteiger partial charge on any atom is 0.326 e. The van der Waals surface area contributed by atoms with Crippen LogP contribution in [-0.2, 0) is 14.4 Å². The SMILES string of the molecule is CCCCC(NC(=O)C1CNC(=O)C1)C(=O)O. The van der Waals surface area contributed by atoms with Crippen LogP contribution < -0.4 is 10.6 Å². The monoisotopic (exact) mass is 242 g/mol. The summed E-state index contributed by atoms with van der Waals surface area (Å²) in [6, 6.07) is -0.849. The predicted molar refractivity (Wildman–Crippen MR) is 60.2 cm³/mol. The largest absolute Gasteiger partial charge is 0.480 e. The molecular formula is C11H18N2O4. The van der Waals surface area contributed by atoms with Gasteiger partial charge in [0.1, 0.15) is 6.04 Å². The fourth-order valence-electron chi connectivity index (χ4n) is 1.75. The lowest BCUT2D eigenvalue weighted by molar-refractivity contribution is -0.142. The van der Waals surface area contributed by atoms with E-state index in [1.54, 1.807) is 0 Å². The van der Waals surface area contributed by atoms with Gasteiger partial charge in [-0.2, -0.15) is 0 Å². The second-order valence-electron chi connectivity index (χ2n) is 4.25. The molecule has 1 rings (SSSR count). The van der Waals surface area contributed by atoms with Gasteiger partial charge in [0.05, 0.1) is 5.92 Å². The molecule has 1 saturated heterocycles. The predicted octanol–water partition coefficient (Wildman–Crippen LogP) is -0.118. The lowest BCUT2D eigenvalue weighted by Gasteiger charge is -2.16. The third-order valence-corrected chi connectivity index (χ3v) is 2.81. The summed E-state index contributed by atoms with van der Waals surface area (Å²) in [6.45, 7) is 2.26. The van der Waals surface area contributed by atoms with Gasteiger partial charge >= 0.3 is 5.97 Å². The fourth-order valence-corrected chi connectivity index (χ4v) is 1.75. The highest BCUT2D eigenvalue weighted by atomic mass is 16.4. The summed E-state index contributed by atoms with van der Waals surface area (Å²) in [5.41, 5.74) is 0. The van der Waals surface area contributed by atoms with Gasteiger partial charge in [0.15, 0.2) is 0 Å². The molecule has 6 heteroatoms. The third-order valence-electron chi connectivity index (χ3n) is 2.81. The lowest BCUT2D eigenvalue weighted by atomic mass is 10.1. The first-order valence-electron chi connectivity index (χ1n) is 5.84. The van der Waals surface area contributed by atoms with Crippen LogP contribution in [0, 0.1) is 5.92 Å². The molecule has 0 bridgehead atoms. The van der Waals surface area contributed by atoms with E-state index in [0.29, 0.717) is 13.0 Å². The van der Waals surface area contributed by atoms with Gasteiger partial charge in [-0.25, -0.2) is 4.79 Å². The van der Waals surface area contributed by atoms with E-state index in [2.05, 4.69) is 10.6 Å². The maximum atomic E-state index is 11.7. The van der Waals surface area contributed by atoms with Crippen molar-refractivity contribution >= 4 is 17.8 Å². The van der Waals surface area contributed by atoms with Gasteiger partial charge in [-0.15, -0.1) is 0 Å². The first-order valence-corrected chi connectivity index (χ1v) is 5.84. The summed E-state index contributed by atoms with van der Waals surface area (Å²) >= 11 is 0. The summed E-state index contributed by atoms with van der Waals surface area (Å²) in [6.07, 6.45) is 2.19. The van der Waals surface area contributed by atoms with Gasteiger partial charge < -0.3 is 15.7 Å². The molecule has 0 aliphatic carbocycles. The summed E-state index contributed by atoms with van der Waals surface area (Å²) in [5.74, 6) is -1.98. The molecule has 0 aromatic heterocycles. The molecule has 1 aliphatic rings. The molecule has 0 aromatic carbocycles. The maximum absolute atomic E-state index is 11.7. The van der Waals surface area contributed by atoms with E-state index < -0.39 is 17.9 Å². The quantitative estimate of drug-likeness (QED) is 0.605. The Labute approximate surface area is 99.8 Å². The van der Waals surface area contributed by atoms with Gasteiger partial charge in [0, 0.05) is 13.0 Å². The number of carbonyl (C=O) groups is 3. The molecule has 1 fully saturated rings. The van der Waals surface area contributed by atoms with Crippen LogP contribution in [0.3, 0.4) is 0 Å². The van der Waals surface area contributed by atoms with Crippen LogP contribution in [-0.4, -0.2) is 35.5 Å². The Bertz CT molecular complexity index is 317. The number of rotatable bonds is 6.